The van der Waals surface area contributed by atoms with Crippen LogP contribution in [0.4, 0.5) is 11.6 Å². The Morgan fingerprint density at radius 1 is 1.32 bits per heavy atom. The van der Waals surface area contributed by atoms with Gasteiger partial charge in [0.2, 0.25) is 5.91 Å². The number of likely N-dealkylation sites (tertiary alicyclic amines) is 1. The normalized spacial score (nSPS) is 17.4. The monoisotopic (exact) mass is 340 g/mol. The van der Waals surface area contributed by atoms with Crippen molar-refractivity contribution in [2.45, 2.75) is 25.7 Å². The van der Waals surface area contributed by atoms with Crippen molar-refractivity contribution in [1.29, 1.82) is 0 Å². The first-order valence-corrected chi connectivity index (χ1v) is 8.61. The standard InChI is InChI=1S/C18H24N6O/c1-13-10-16(22-15-7-3-4-8-20-15)23-18(21-13)14-6-5-9-24(12-14)17(25)11-19-2/h3-4,7-8,10,14,19H,5-6,9,11-12H2,1-2H3,(H,20,21,22,23). The van der Waals surface area contributed by atoms with Gasteiger partial charge >= 0.3 is 0 Å². The smallest absolute Gasteiger partial charge is 0.236 e. The first kappa shape index (κ1) is 17.3. The largest absolute Gasteiger partial charge is 0.341 e. The molecule has 3 heterocycles. The van der Waals surface area contributed by atoms with E-state index in [1.165, 1.54) is 0 Å². The molecule has 0 spiro atoms. The molecule has 1 aliphatic heterocycles. The van der Waals surface area contributed by atoms with E-state index >= 15 is 0 Å². The van der Waals surface area contributed by atoms with Crippen molar-refractivity contribution in [3.05, 3.63) is 42.0 Å². The Hall–Kier alpha value is -2.54. The molecule has 132 valence electrons. The number of carbonyl (C=O) groups is 1. The maximum Gasteiger partial charge on any atom is 0.236 e. The number of carbonyl (C=O) groups excluding carboxylic acids is 1. The van der Waals surface area contributed by atoms with Gasteiger partial charge in [0.1, 0.15) is 17.5 Å². The van der Waals surface area contributed by atoms with Crippen LogP contribution in [0.1, 0.15) is 30.3 Å². The summed E-state index contributed by atoms with van der Waals surface area (Å²) in [6.45, 7) is 3.81. The molecule has 2 aromatic heterocycles. The highest BCUT2D eigenvalue weighted by atomic mass is 16.2. The number of nitrogens with one attached hydrogen (secondary N) is 2. The van der Waals surface area contributed by atoms with E-state index in [1.807, 2.05) is 36.1 Å². The molecule has 1 aliphatic rings. The zero-order chi connectivity index (χ0) is 17.6. The summed E-state index contributed by atoms with van der Waals surface area (Å²) >= 11 is 0. The van der Waals surface area contributed by atoms with Gasteiger partial charge < -0.3 is 15.5 Å². The highest BCUT2D eigenvalue weighted by molar-refractivity contribution is 5.78. The number of likely N-dealkylation sites (N-methyl/N-ethyl adjacent to an activating group) is 1. The van der Waals surface area contributed by atoms with Crippen molar-refractivity contribution in [2.24, 2.45) is 0 Å². The van der Waals surface area contributed by atoms with Gasteiger partial charge in [0.15, 0.2) is 0 Å². The third kappa shape index (κ3) is 4.51. The molecule has 25 heavy (non-hydrogen) atoms. The van der Waals surface area contributed by atoms with E-state index in [0.29, 0.717) is 13.1 Å². The topological polar surface area (TPSA) is 83.0 Å². The molecular formula is C18H24N6O. The summed E-state index contributed by atoms with van der Waals surface area (Å²) in [5, 5.41) is 6.15. The average Bonchev–Trinajstić information content (AvgIpc) is 2.62. The number of nitrogens with zero attached hydrogens (tertiary/aromatic N) is 4. The zero-order valence-corrected chi connectivity index (χ0v) is 14.7. The van der Waals surface area contributed by atoms with Crippen LogP contribution in [-0.2, 0) is 4.79 Å². The van der Waals surface area contributed by atoms with E-state index in [4.69, 9.17) is 0 Å². The Labute approximate surface area is 147 Å². The number of hydrogen-bond acceptors (Lipinski definition) is 6. The Morgan fingerprint density at radius 3 is 2.96 bits per heavy atom. The lowest BCUT2D eigenvalue weighted by Crippen LogP contribution is -2.43. The lowest BCUT2D eigenvalue weighted by atomic mass is 9.97. The first-order valence-electron chi connectivity index (χ1n) is 8.61. The van der Waals surface area contributed by atoms with Gasteiger partial charge in [-0.2, -0.15) is 0 Å². The lowest BCUT2D eigenvalue weighted by molar-refractivity contribution is -0.131. The third-order valence-electron chi connectivity index (χ3n) is 4.26. The van der Waals surface area contributed by atoms with Crippen LogP contribution in [0, 0.1) is 6.92 Å². The van der Waals surface area contributed by atoms with Crippen LogP contribution in [0.3, 0.4) is 0 Å². The van der Waals surface area contributed by atoms with Gasteiger partial charge in [0.25, 0.3) is 0 Å². The highest BCUT2D eigenvalue weighted by Crippen LogP contribution is 2.26. The van der Waals surface area contributed by atoms with Crippen LogP contribution >= 0.6 is 0 Å². The Bertz CT molecular complexity index is 721. The average molecular weight is 340 g/mol. The molecule has 0 radical (unpaired) electrons. The van der Waals surface area contributed by atoms with Crippen LogP contribution < -0.4 is 10.6 Å². The van der Waals surface area contributed by atoms with E-state index < -0.39 is 0 Å². The maximum atomic E-state index is 12.2. The second-order valence-electron chi connectivity index (χ2n) is 6.30. The van der Waals surface area contributed by atoms with E-state index in [1.54, 1.807) is 13.2 Å². The van der Waals surface area contributed by atoms with E-state index in [9.17, 15) is 4.79 Å². The fraction of sp³-hybridized carbons (Fsp3) is 0.444. The summed E-state index contributed by atoms with van der Waals surface area (Å²) < 4.78 is 0. The van der Waals surface area contributed by atoms with Gasteiger partial charge in [0.05, 0.1) is 6.54 Å². The molecule has 1 fully saturated rings. The number of pyridine rings is 1. The minimum Gasteiger partial charge on any atom is -0.341 e. The van der Waals surface area contributed by atoms with Crippen LogP contribution in [0.25, 0.3) is 0 Å². The van der Waals surface area contributed by atoms with Crippen molar-refractivity contribution in [1.82, 2.24) is 25.2 Å². The molecule has 1 amide bonds. The van der Waals surface area contributed by atoms with E-state index in [0.717, 1.165) is 42.5 Å². The van der Waals surface area contributed by atoms with E-state index in [2.05, 4.69) is 25.6 Å². The summed E-state index contributed by atoms with van der Waals surface area (Å²) in [6.07, 6.45) is 3.71. The summed E-state index contributed by atoms with van der Waals surface area (Å²) in [7, 11) is 1.79. The maximum absolute atomic E-state index is 12.2. The molecule has 1 unspecified atom stereocenters. The van der Waals surface area contributed by atoms with Crippen LogP contribution in [0.5, 0.6) is 0 Å². The van der Waals surface area contributed by atoms with Gasteiger partial charge in [-0.1, -0.05) is 6.07 Å². The van der Waals surface area contributed by atoms with Crippen molar-refractivity contribution in [3.63, 3.8) is 0 Å². The molecule has 1 atom stereocenters. The van der Waals surface area contributed by atoms with Gasteiger partial charge in [-0.25, -0.2) is 15.0 Å². The van der Waals surface area contributed by atoms with Crippen molar-refractivity contribution in [3.8, 4) is 0 Å². The summed E-state index contributed by atoms with van der Waals surface area (Å²) in [5.74, 6) is 2.58. The third-order valence-corrected chi connectivity index (χ3v) is 4.26. The Kier molecular flexibility index (Phi) is 5.55. The molecule has 0 aromatic carbocycles. The van der Waals surface area contributed by atoms with Crippen LogP contribution in [-0.4, -0.2) is 52.4 Å². The predicted octanol–water partition coefficient (Wildman–Crippen LogP) is 1.85. The SMILES string of the molecule is CNCC(=O)N1CCCC(c2nc(C)cc(Nc3ccccn3)n2)C1. The van der Waals surface area contributed by atoms with Crippen molar-refractivity contribution < 1.29 is 4.79 Å². The molecule has 7 nitrogen and oxygen atoms in total. The highest BCUT2D eigenvalue weighted by Gasteiger charge is 2.26. The fourth-order valence-corrected chi connectivity index (χ4v) is 3.08. The Morgan fingerprint density at radius 2 is 2.20 bits per heavy atom. The minimum absolute atomic E-state index is 0.131. The van der Waals surface area contributed by atoms with Crippen molar-refractivity contribution in [2.75, 3.05) is 32.0 Å². The molecule has 3 rings (SSSR count). The van der Waals surface area contributed by atoms with Crippen molar-refractivity contribution >= 4 is 17.5 Å². The number of anilines is 2. The summed E-state index contributed by atoms with van der Waals surface area (Å²) in [4.78, 5) is 27.6. The van der Waals surface area contributed by atoms with Crippen LogP contribution in [0.15, 0.2) is 30.5 Å². The molecule has 7 heteroatoms. The molecule has 0 aliphatic carbocycles. The zero-order valence-electron chi connectivity index (χ0n) is 14.7. The van der Waals surface area contributed by atoms with Crippen LogP contribution in [0.2, 0.25) is 0 Å². The van der Waals surface area contributed by atoms with E-state index in [-0.39, 0.29) is 11.8 Å². The molecule has 2 aromatic rings. The summed E-state index contributed by atoms with van der Waals surface area (Å²) in [5.41, 5.74) is 0.905. The first-order chi connectivity index (χ1) is 12.2. The summed E-state index contributed by atoms with van der Waals surface area (Å²) in [6, 6.07) is 7.61. The fourth-order valence-electron chi connectivity index (χ4n) is 3.08. The number of aromatic nitrogens is 3. The number of rotatable bonds is 5. The lowest BCUT2D eigenvalue weighted by Gasteiger charge is -2.32. The van der Waals surface area contributed by atoms with Gasteiger partial charge in [-0.3, -0.25) is 4.79 Å². The number of aryl methyl sites for hydroxylation is 1. The molecule has 0 saturated carbocycles. The molecule has 0 bridgehead atoms. The van der Waals surface area contributed by atoms with Gasteiger partial charge in [-0.15, -0.1) is 0 Å². The Balaban J connectivity index is 1.76. The number of amides is 1. The quantitative estimate of drug-likeness (QED) is 0.864. The van der Waals surface area contributed by atoms with Gasteiger partial charge in [-0.05, 0) is 38.9 Å². The number of piperidine rings is 1. The number of hydrogen-bond donors (Lipinski definition) is 2. The molecule has 2 N–H and O–H groups in total. The minimum atomic E-state index is 0.131. The molecular weight excluding hydrogens is 316 g/mol. The second-order valence-corrected chi connectivity index (χ2v) is 6.30. The molecule has 1 saturated heterocycles. The predicted molar refractivity (Wildman–Crippen MR) is 96.8 cm³/mol. The van der Waals surface area contributed by atoms with Gasteiger partial charge in [0, 0.05) is 37.0 Å². The second kappa shape index (κ2) is 8.02.